The van der Waals surface area contributed by atoms with Gasteiger partial charge in [-0.05, 0) is 51.4 Å². The zero-order valence-corrected chi connectivity index (χ0v) is 17.6. The lowest BCUT2D eigenvalue weighted by atomic mass is 10.1. The quantitative estimate of drug-likeness (QED) is 0.681. The SMILES string of the molecule is Cc1ncc(N2CCC3CCC(C2)N3C)cc1Nc1ncn(-c2ccc(F)c(F)c2)n1.[HH]. The van der Waals surface area contributed by atoms with Gasteiger partial charge in [0, 0.05) is 32.7 Å². The van der Waals surface area contributed by atoms with Gasteiger partial charge in [-0.3, -0.25) is 9.88 Å². The lowest BCUT2D eigenvalue weighted by Crippen LogP contribution is -2.36. The molecular weight excluding hydrogens is 400 g/mol. The number of anilines is 3. The Hall–Kier alpha value is -3.07. The molecular formula is C22H27F2N7. The second-order valence-corrected chi connectivity index (χ2v) is 8.35. The van der Waals surface area contributed by atoms with Gasteiger partial charge in [-0.2, -0.15) is 4.98 Å². The zero-order chi connectivity index (χ0) is 21.5. The minimum Gasteiger partial charge on any atom is -0.369 e. The van der Waals surface area contributed by atoms with E-state index in [9.17, 15) is 8.78 Å². The monoisotopic (exact) mass is 427 g/mol. The molecule has 0 saturated carbocycles. The molecule has 2 atom stereocenters. The van der Waals surface area contributed by atoms with Crippen LogP contribution in [0.5, 0.6) is 0 Å². The minimum atomic E-state index is -0.924. The normalized spacial score (nSPS) is 21.4. The molecule has 9 heteroatoms. The van der Waals surface area contributed by atoms with Gasteiger partial charge in [-0.1, -0.05) is 0 Å². The molecule has 2 saturated heterocycles. The molecule has 0 aliphatic carbocycles. The molecule has 2 aliphatic heterocycles. The molecule has 5 rings (SSSR count). The van der Waals surface area contributed by atoms with Crippen LogP contribution in [0.1, 0.15) is 26.4 Å². The highest BCUT2D eigenvalue weighted by Crippen LogP contribution is 2.32. The number of nitrogens with zero attached hydrogens (tertiary/aromatic N) is 6. The highest BCUT2D eigenvalue weighted by molar-refractivity contribution is 5.63. The van der Waals surface area contributed by atoms with Crippen molar-refractivity contribution in [3.8, 4) is 5.69 Å². The number of benzene rings is 1. The predicted molar refractivity (Wildman–Crippen MR) is 117 cm³/mol. The number of nitrogens with one attached hydrogen (secondary N) is 1. The highest BCUT2D eigenvalue weighted by atomic mass is 19.2. The van der Waals surface area contributed by atoms with Crippen LogP contribution in [0.25, 0.3) is 5.69 Å². The van der Waals surface area contributed by atoms with Gasteiger partial charge in [0.2, 0.25) is 5.95 Å². The number of hydrogen-bond acceptors (Lipinski definition) is 6. The van der Waals surface area contributed by atoms with E-state index in [-0.39, 0.29) is 1.43 Å². The van der Waals surface area contributed by atoms with Crippen molar-refractivity contribution in [1.82, 2.24) is 24.6 Å². The molecule has 31 heavy (non-hydrogen) atoms. The first-order valence-electron chi connectivity index (χ1n) is 10.6. The minimum absolute atomic E-state index is 0. The van der Waals surface area contributed by atoms with Crippen molar-refractivity contribution in [2.24, 2.45) is 0 Å². The maximum absolute atomic E-state index is 13.5. The Balaban J connectivity index is 0.00000245. The van der Waals surface area contributed by atoms with Crippen molar-refractivity contribution in [2.75, 3.05) is 30.4 Å². The number of pyridine rings is 1. The molecule has 7 nitrogen and oxygen atoms in total. The summed E-state index contributed by atoms with van der Waals surface area (Å²) >= 11 is 0. The van der Waals surface area contributed by atoms with Crippen molar-refractivity contribution in [3.63, 3.8) is 0 Å². The molecule has 0 radical (unpaired) electrons. The number of aromatic nitrogens is 4. The third-order valence-electron chi connectivity index (χ3n) is 6.49. The molecule has 0 spiro atoms. The lowest BCUT2D eigenvalue weighted by molar-refractivity contribution is 0.254. The zero-order valence-electron chi connectivity index (χ0n) is 17.6. The van der Waals surface area contributed by atoms with Crippen LogP contribution >= 0.6 is 0 Å². The molecule has 4 heterocycles. The summed E-state index contributed by atoms with van der Waals surface area (Å²) in [5, 5.41) is 7.56. The standard InChI is InChI=1S/C22H25F2N7.H2/c1-14-21(27-22-26-13-31(28-22)16-5-6-19(23)20(24)9-16)10-18(11-25-14)30-8-7-15-3-4-17(12-30)29(15)2;/h5-6,9-11,13,15,17H,3-4,7-8,12H2,1-2H3,(H,27,28);1H. The largest absolute Gasteiger partial charge is 0.369 e. The van der Waals surface area contributed by atoms with Crippen molar-refractivity contribution < 1.29 is 10.2 Å². The molecule has 1 aromatic carbocycles. The Morgan fingerprint density at radius 1 is 1.03 bits per heavy atom. The summed E-state index contributed by atoms with van der Waals surface area (Å²) in [6.07, 6.45) is 7.08. The summed E-state index contributed by atoms with van der Waals surface area (Å²) in [4.78, 5) is 13.8. The first-order valence-corrected chi connectivity index (χ1v) is 10.6. The van der Waals surface area contributed by atoms with E-state index in [1.54, 1.807) is 0 Å². The molecule has 2 bridgehead atoms. The van der Waals surface area contributed by atoms with E-state index >= 15 is 0 Å². The Morgan fingerprint density at radius 2 is 1.87 bits per heavy atom. The number of aryl methyl sites for hydroxylation is 1. The van der Waals surface area contributed by atoms with Crippen LogP contribution in [0.3, 0.4) is 0 Å². The van der Waals surface area contributed by atoms with Crippen molar-refractivity contribution >= 4 is 17.3 Å². The highest BCUT2D eigenvalue weighted by Gasteiger charge is 2.34. The first kappa shape index (κ1) is 19.9. The fraction of sp³-hybridized carbons (Fsp3) is 0.409. The average molecular weight is 428 g/mol. The van der Waals surface area contributed by atoms with Gasteiger partial charge >= 0.3 is 0 Å². The van der Waals surface area contributed by atoms with Crippen LogP contribution in [0.4, 0.5) is 26.1 Å². The van der Waals surface area contributed by atoms with E-state index in [4.69, 9.17) is 0 Å². The molecule has 2 unspecified atom stereocenters. The molecule has 2 aromatic heterocycles. The number of rotatable bonds is 4. The van der Waals surface area contributed by atoms with Gasteiger partial charge in [0.1, 0.15) is 6.33 Å². The van der Waals surface area contributed by atoms with Crippen LogP contribution in [-0.4, -0.2) is 56.9 Å². The van der Waals surface area contributed by atoms with E-state index in [2.05, 4.69) is 43.3 Å². The molecule has 1 N–H and O–H groups in total. The van der Waals surface area contributed by atoms with Crippen LogP contribution in [0.2, 0.25) is 0 Å². The predicted octanol–water partition coefficient (Wildman–Crippen LogP) is 3.91. The summed E-state index contributed by atoms with van der Waals surface area (Å²) in [5.74, 6) is -1.46. The second-order valence-electron chi connectivity index (χ2n) is 8.35. The van der Waals surface area contributed by atoms with E-state index in [0.29, 0.717) is 23.7 Å². The van der Waals surface area contributed by atoms with Gasteiger partial charge < -0.3 is 10.2 Å². The van der Waals surface area contributed by atoms with Crippen LogP contribution in [0, 0.1) is 18.6 Å². The van der Waals surface area contributed by atoms with Gasteiger partial charge in [0.25, 0.3) is 0 Å². The average Bonchev–Trinajstić information content (AvgIpc) is 3.30. The maximum atomic E-state index is 13.5. The van der Waals surface area contributed by atoms with Crippen LogP contribution in [0.15, 0.2) is 36.8 Å². The van der Waals surface area contributed by atoms with Gasteiger partial charge in [-0.25, -0.2) is 13.5 Å². The van der Waals surface area contributed by atoms with Gasteiger partial charge in [0.15, 0.2) is 11.6 Å². The molecule has 2 fully saturated rings. The van der Waals surface area contributed by atoms with Crippen molar-refractivity contribution in [2.45, 2.75) is 38.3 Å². The molecule has 0 amide bonds. The second kappa shape index (κ2) is 7.88. The number of halogens is 2. The van der Waals surface area contributed by atoms with E-state index in [1.807, 2.05) is 13.1 Å². The third-order valence-corrected chi connectivity index (χ3v) is 6.49. The molecule has 3 aromatic rings. The third kappa shape index (κ3) is 3.85. The lowest BCUT2D eigenvalue weighted by Gasteiger charge is -2.27. The summed E-state index contributed by atoms with van der Waals surface area (Å²) < 4.78 is 28.1. The van der Waals surface area contributed by atoms with Crippen LogP contribution < -0.4 is 10.2 Å². The fourth-order valence-electron chi connectivity index (χ4n) is 4.56. The van der Waals surface area contributed by atoms with E-state index in [0.717, 1.165) is 48.7 Å². The van der Waals surface area contributed by atoms with E-state index < -0.39 is 11.6 Å². The Kier molecular flexibility index (Phi) is 5.05. The van der Waals surface area contributed by atoms with E-state index in [1.165, 1.54) is 29.9 Å². The van der Waals surface area contributed by atoms with Crippen LogP contribution in [-0.2, 0) is 0 Å². The summed E-state index contributed by atoms with van der Waals surface area (Å²) in [5.41, 5.74) is 3.13. The van der Waals surface area contributed by atoms with Gasteiger partial charge in [-0.15, -0.1) is 5.10 Å². The summed E-state index contributed by atoms with van der Waals surface area (Å²) in [6.45, 7) is 3.94. The fourth-order valence-corrected chi connectivity index (χ4v) is 4.56. The maximum Gasteiger partial charge on any atom is 0.247 e. The number of hydrogen-bond donors (Lipinski definition) is 1. The molecule has 164 valence electrons. The first-order chi connectivity index (χ1) is 15.0. The molecule has 2 aliphatic rings. The Bertz CT molecular complexity index is 1110. The summed E-state index contributed by atoms with van der Waals surface area (Å²) in [7, 11) is 2.24. The van der Waals surface area contributed by atoms with Crippen molar-refractivity contribution in [3.05, 3.63) is 54.1 Å². The number of fused-ring (bicyclic) bond motifs is 2. The number of likely N-dealkylation sites (N-methyl/N-ethyl adjacent to an activating group) is 1. The summed E-state index contributed by atoms with van der Waals surface area (Å²) in [6, 6.07) is 6.95. The Labute approximate surface area is 181 Å². The topological polar surface area (TPSA) is 62.1 Å². The van der Waals surface area contributed by atoms with Crippen molar-refractivity contribution in [1.29, 1.82) is 0 Å². The smallest absolute Gasteiger partial charge is 0.247 e. The Morgan fingerprint density at radius 3 is 2.71 bits per heavy atom. The van der Waals surface area contributed by atoms with Gasteiger partial charge in [0.05, 0.1) is 29.0 Å².